The number of rotatable bonds is 2. The molecule has 1 aromatic carbocycles. The Morgan fingerprint density at radius 1 is 1.50 bits per heavy atom. The van der Waals surface area contributed by atoms with Crippen molar-refractivity contribution in [1.29, 1.82) is 0 Å². The van der Waals surface area contributed by atoms with Crippen LogP contribution in [0.15, 0.2) is 22.7 Å². The number of carbonyl (C=O) groups is 1. The minimum atomic E-state index is -0.357. The second-order valence-electron chi connectivity index (χ2n) is 3.37. The van der Waals surface area contributed by atoms with Crippen molar-refractivity contribution in [2.75, 3.05) is 12.3 Å². The highest BCUT2D eigenvalue weighted by Crippen LogP contribution is 2.27. The van der Waals surface area contributed by atoms with Crippen LogP contribution in [0.2, 0.25) is 0 Å². The molecule has 84 valence electrons. The molecule has 0 bridgehead atoms. The molecule has 0 unspecified atom stereocenters. The molecule has 2 rings (SSSR count). The van der Waals surface area contributed by atoms with Crippen molar-refractivity contribution >= 4 is 38.5 Å². The number of ether oxygens (including phenoxy) is 1. The first-order chi connectivity index (χ1) is 7.61. The number of H-pyrrole nitrogens is 1. The molecule has 1 aromatic heterocycles. The normalized spacial score (nSPS) is 10.6. The molecule has 0 spiro atoms. The van der Waals surface area contributed by atoms with Gasteiger partial charge in [0, 0.05) is 21.1 Å². The third-order valence-corrected chi connectivity index (χ3v) is 2.86. The topological polar surface area (TPSA) is 68.1 Å². The predicted molar refractivity (Wildman–Crippen MR) is 66.4 cm³/mol. The van der Waals surface area contributed by atoms with Crippen molar-refractivity contribution in [2.24, 2.45) is 0 Å². The summed E-state index contributed by atoms with van der Waals surface area (Å²) in [6, 6.07) is 5.32. The first kappa shape index (κ1) is 11.0. The molecule has 0 fully saturated rings. The van der Waals surface area contributed by atoms with Gasteiger partial charge in [-0.1, -0.05) is 15.9 Å². The quantitative estimate of drug-likeness (QED) is 0.657. The van der Waals surface area contributed by atoms with E-state index in [-0.39, 0.29) is 5.97 Å². The lowest BCUT2D eigenvalue weighted by atomic mass is 10.2. The van der Waals surface area contributed by atoms with Gasteiger partial charge in [-0.2, -0.15) is 0 Å². The molecule has 3 N–H and O–H groups in total. The molecule has 0 atom stereocenters. The average Bonchev–Trinajstić information content (AvgIpc) is 2.62. The molecule has 0 saturated carbocycles. The molecular formula is C11H11BrN2O2. The Hall–Kier alpha value is -1.49. The van der Waals surface area contributed by atoms with E-state index in [9.17, 15) is 4.79 Å². The number of nitrogens with two attached hydrogens (primary N) is 1. The minimum absolute atomic E-state index is 0.357. The maximum atomic E-state index is 11.5. The number of aromatic nitrogens is 1. The number of hydrogen-bond donors (Lipinski definition) is 2. The third kappa shape index (κ3) is 1.90. The van der Waals surface area contributed by atoms with Crippen LogP contribution in [0.3, 0.4) is 0 Å². The van der Waals surface area contributed by atoms with Crippen molar-refractivity contribution in [3.63, 3.8) is 0 Å². The Kier molecular flexibility index (Phi) is 2.87. The lowest BCUT2D eigenvalue weighted by Crippen LogP contribution is -2.04. The second-order valence-corrected chi connectivity index (χ2v) is 4.22. The van der Waals surface area contributed by atoms with Gasteiger partial charge in [-0.3, -0.25) is 0 Å². The van der Waals surface area contributed by atoms with Gasteiger partial charge in [0.2, 0.25) is 0 Å². The Labute approximate surface area is 101 Å². The summed E-state index contributed by atoms with van der Waals surface area (Å²) in [6.45, 7) is 2.13. The van der Waals surface area contributed by atoms with Crippen LogP contribution >= 0.6 is 15.9 Å². The van der Waals surface area contributed by atoms with Crippen molar-refractivity contribution < 1.29 is 9.53 Å². The number of aromatic amines is 1. The fraction of sp³-hybridized carbons (Fsp3) is 0.182. The van der Waals surface area contributed by atoms with E-state index in [0.29, 0.717) is 18.0 Å². The lowest BCUT2D eigenvalue weighted by molar-refractivity contribution is 0.0520. The molecule has 0 aliphatic rings. The van der Waals surface area contributed by atoms with E-state index in [1.807, 2.05) is 0 Å². The van der Waals surface area contributed by atoms with Crippen LogP contribution in [0.4, 0.5) is 5.69 Å². The fourth-order valence-corrected chi connectivity index (χ4v) is 2.13. The van der Waals surface area contributed by atoms with Crippen LogP contribution in [0.5, 0.6) is 0 Å². The zero-order chi connectivity index (χ0) is 11.7. The number of benzene rings is 1. The molecule has 1 heterocycles. The SMILES string of the molecule is CCOC(=O)c1cc2c(Br)cc(N)cc2[nH]1. The van der Waals surface area contributed by atoms with E-state index in [0.717, 1.165) is 15.4 Å². The zero-order valence-electron chi connectivity index (χ0n) is 8.71. The Morgan fingerprint density at radius 3 is 2.94 bits per heavy atom. The third-order valence-electron chi connectivity index (χ3n) is 2.21. The van der Waals surface area contributed by atoms with Crippen molar-refractivity contribution in [2.45, 2.75) is 6.92 Å². The van der Waals surface area contributed by atoms with Crippen LogP contribution in [0.1, 0.15) is 17.4 Å². The fourth-order valence-electron chi connectivity index (χ4n) is 1.53. The summed E-state index contributed by atoms with van der Waals surface area (Å²) < 4.78 is 5.77. The largest absolute Gasteiger partial charge is 0.461 e. The van der Waals surface area contributed by atoms with E-state index >= 15 is 0 Å². The van der Waals surface area contributed by atoms with Gasteiger partial charge in [0.1, 0.15) is 5.69 Å². The van der Waals surface area contributed by atoms with Crippen molar-refractivity contribution in [3.05, 3.63) is 28.4 Å². The summed E-state index contributed by atoms with van der Waals surface area (Å²) in [5.41, 5.74) is 7.59. The smallest absolute Gasteiger partial charge is 0.354 e. The van der Waals surface area contributed by atoms with Gasteiger partial charge in [0.25, 0.3) is 0 Å². The predicted octanol–water partition coefficient (Wildman–Crippen LogP) is 2.69. The molecule has 0 aliphatic heterocycles. The number of esters is 1. The Morgan fingerprint density at radius 2 is 2.25 bits per heavy atom. The number of fused-ring (bicyclic) bond motifs is 1. The molecule has 2 aromatic rings. The van der Waals surface area contributed by atoms with Crippen molar-refractivity contribution in [3.8, 4) is 0 Å². The van der Waals surface area contributed by atoms with Gasteiger partial charge in [-0.25, -0.2) is 4.79 Å². The summed E-state index contributed by atoms with van der Waals surface area (Å²) >= 11 is 3.40. The monoisotopic (exact) mass is 282 g/mol. The number of carbonyl (C=O) groups excluding carboxylic acids is 1. The summed E-state index contributed by atoms with van der Waals surface area (Å²) in [5, 5.41) is 0.914. The number of nitrogen functional groups attached to an aromatic ring is 1. The summed E-state index contributed by atoms with van der Waals surface area (Å²) in [5.74, 6) is -0.357. The van der Waals surface area contributed by atoms with Crippen LogP contribution in [0, 0.1) is 0 Å². The van der Waals surface area contributed by atoms with Gasteiger partial charge in [-0.05, 0) is 25.1 Å². The first-order valence-electron chi connectivity index (χ1n) is 4.86. The standard InChI is InChI=1S/C11H11BrN2O2/c1-2-16-11(15)10-5-7-8(12)3-6(13)4-9(7)14-10/h3-5,14H,2,13H2,1H3. The highest BCUT2D eigenvalue weighted by atomic mass is 79.9. The maximum Gasteiger partial charge on any atom is 0.354 e. The highest BCUT2D eigenvalue weighted by molar-refractivity contribution is 9.10. The molecule has 0 amide bonds. The molecule has 0 aliphatic carbocycles. The van der Waals surface area contributed by atoms with Gasteiger partial charge >= 0.3 is 5.97 Å². The summed E-state index contributed by atoms with van der Waals surface area (Å²) in [4.78, 5) is 14.5. The van der Waals surface area contributed by atoms with E-state index in [4.69, 9.17) is 10.5 Å². The average molecular weight is 283 g/mol. The van der Waals surface area contributed by atoms with Gasteiger partial charge in [-0.15, -0.1) is 0 Å². The van der Waals surface area contributed by atoms with Crippen molar-refractivity contribution in [1.82, 2.24) is 4.98 Å². The lowest BCUT2D eigenvalue weighted by Gasteiger charge is -1.97. The van der Waals surface area contributed by atoms with Gasteiger partial charge in [0.05, 0.1) is 6.61 Å². The zero-order valence-corrected chi connectivity index (χ0v) is 10.3. The molecule has 0 saturated heterocycles. The Bertz CT molecular complexity index is 548. The van der Waals surface area contributed by atoms with E-state index in [2.05, 4.69) is 20.9 Å². The number of halogens is 1. The van der Waals surface area contributed by atoms with Crippen LogP contribution in [-0.4, -0.2) is 17.6 Å². The molecule has 0 radical (unpaired) electrons. The minimum Gasteiger partial charge on any atom is -0.461 e. The second kappa shape index (κ2) is 4.17. The molecule has 4 nitrogen and oxygen atoms in total. The first-order valence-corrected chi connectivity index (χ1v) is 5.66. The van der Waals surface area contributed by atoms with E-state index in [1.165, 1.54) is 0 Å². The maximum absolute atomic E-state index is 11.5. The molecular weight excluding hydrogens is 272 g/mol. The van der Waals surface area contributed by atoms with E-state index < -0.39 is 0 Å². The number of hydrogen-bond acceptors (Lipinski definition) is 3. The highest BCUT2D eigenvalue weighted by Gasteiger charge is 2.12. The molecule has 16 heavy (non-hydrogen) atoms. The molecule has 5 heteroatoms. The van der Waals surface area contributed by atoms with Crippen LogP contribution in [0.25, 0.3) is 10.9 Å². The van der Waals surface area contributed by atoms with Gasteiger partial charge < -0.3 is 15.5 Å². The summed E-state index contributed by atoms with van der Waals surface area (Å²) in [6.07, 6.45) is 0. The number of nitrogens with one attached hydrogen (secondary N) is 1. The van der Waals surface area contributed by atoms with Crippen LogP contribution < -0.4 is 5.73 Å². The van der Waals surface area contributed by atoms with Crippen LogP contribution in [-0.2, 0) is 4.74 Å². The van der Waals surface area contributed by atoms with E-state index in [1.54, 1.807) is 25.1 Å². The summed E-state index contributed by atoms with van der Waals surface area (Å²) in [7, 11) is 0. The number of anilines is 1. The van der Waals surface area contributed by atoms with Gasteiger partial charge in [0.15, 0.2) is 0 Å². The Balaban J connectivity index is 2.51.